The lowest BCUT2D eigenvalue weighted by molar-refractivity contribution is -0.384. The van der Waals surface area contributed by atoms with Gasteiger partial charge in [0.15, 0.2) is 0 Å². The van der Waals surface area contributed by atoms with Crippen LogP contribution in [0.15, 0.2) is 48.5 Å². The van der Waals surface area contributed by atoms with Crippen LogP contribution in [0, 0.1) is 10.1 Å². The van der Waals surface area contributed by atoms with Crippen LogP contribution >= 0.6 is 0 Å². The van der Waals surface area contributed by atoms with Gasteiger partial charge in [-0.3, -0.25) is 19.7 Å². The Balaban J connectivity index is 2.08. The lowest BCUT2D eigenvalue weighted by Gasteiger charge is -2.15. The van der Waals surface area contributed by atoms with Crippen molar-refractivity contribution in [1.29, 1.82) is 0 Å². The first-order chi connectivity index (χ1) is 10.9. The normalized spacial score (nSPS) is 10.0. The molecule has 0 unspecified atom stereocenters. The van der Waals surface area contributed by atoms with Crippen LogP contribution in [-0.2, 0) is 4.79 Å². The summed E-state index contributed by atoms with van der Waals surface area (Å²) in [5, 5.41) is 13.3. The highest BCUT2D eigenvalue weighted by molar-refractivity contribution is 6.04. The standard InChI is InChI=1S/C16H15N3O4/c1-11(20)18(2)14-9-5-13(6-10-14)17-16(21)12-3-7-15(8-4-12)19(22)23/h3-10H,1-2H3,(H,17,21). The summed E-state index contributed by atoms with van der Waals surface area (Å²) < 4.78 is 0. The van der Waals surface area contributed by atoms with E-state index >= 15 is 0 Å². The fraction of sp³-hybridized carbons (Fsp3) is 0.125. The van der Waals surface area contributed by atoms with E-state index in [9.17, 15) is 19.7 Å². The molecule has 0 spiro atoms. The van der Waals surface area contributed by atoms with Crippen molar-refractivity contribution in [3.63, 3.8) is 0 Å². The topological polar surface area (TPSA) is 92.6 Å². The Hall–Kier alpha value is -3.22. The number of benzene rings is 2. The molecule has 23 heavy (non-hydrogen) atoms. The summed E-state index contributed by atoms with van der Waals surface area (Å²) in [6.07, 6.45) is 0. The summed E-state index contributed by atoms with van der Waals surface area (Å²) in [4.78, 5) is 34.9. The number of nitrogens with one attached hydrogen (secondary N) is 1. The maximum absolute atomic E-state index is 12.1. The number of hydrogen-bond acceptors (Lipinski definition) is 4. The number of hydrogen-bond donors (Lipinski definition) is 1. The number of nitro benzene ring substituents is 1. The molecule has 0 aromatic heterocycles. The van der Waals surface area contributed by atoms with Crippen LogP contribution in [0.3, 0.4) is 0 Å². The summed E-state index contributed by atoms with van der Waals surface area (Å²) in [5.74, 6) is -0.458. The highest BCUT2D eigenvalue weighted by atomic mass is 16.6. The van der Waals surface area contributed by atoms with Gasteiger partial charge in [0.1, 0.15) is 0 Å². The number of amides is 2. The molecule has 0 saturated heterocycles. The van der Waals surface area contributed by atoms with Crippen LogP contribution in [0.25, 0.3) is 0 Å². The summed E-state index contributed by atoms with van der Waals surface area (Å²) in [7, 11) is 1.66. The van der Waals surface area contributed by atoms with E-state index in [4.69, 9.17) is 0 Å². The second-order valence-corrected chi connectivity index (χ2v) is 4.88. The second-order valence-electron chi connectivity index (χ2n) is 4.88. The second kappa shape index (κ2) is 6.69. The van der Waals surface area contributed by atoms with Gasteiger partial charge >= 0.3 is 0 Å². The van der Waals surface area contributed by atoms with Crippen LogP contribution in [0.2, 0.25) is 0 Å². The van der Waals surface area contributed by atoms with E-state index in [2.05, 4.69) is 5.32 Å². The van der Waals surface area contributed by atoms with Crippen LogP contribution in [-0.4, -0.2) is 23.8 Å². The maximum atomic E-state index is 12.1. The predicted octanol–water partition coefficient (Wildman–Crippen LogP) is 2.83. The van der Waals surface area contributed by atoms with E-state index in [1.165, 1.54) is 36.1 Å². The van der Waals surface area contributed by atoms with Gasteiger partial charge in [-0.1, -0.05) is 0 Å². The fourth-order valence-corrected chi connectivity index (χ4v) is 1.89. The van der Waals surface area contributed by atoms with E-state index in [0.717, 1.165) is 0 Å². The molecule has 0 aliphatic carbocycles. The summed E-state index contributed by atoms with van der Waals surface area (Å²) in [6, 6.07) is 12.1. The van der Waals surface area contributed by atoms with Gasteiger partial charge in [-0.15, -0.1) is 0 Å². The highest BCUT2D eigenvalue weighted by Crippen LogP contribution is 2.18. The molecular weight excluding hydrogens is 298 g/mol. The van der Waals surface area contributed by atoms with Gasteiger partial charge in [-0.25, -0.2) is 0 Å². The highest BCUT2D eigenvalue weighted by Gasteiger charge is 2.10. The first kappa shape index (κ1) is 16.2. The smallest absolute Gasteiger partial charge is 0.269 e. The van der Waals surface area contributed by atoms with Crippen LogP contribution in [0.4, 0.5) is 17.1 Å². The van der Waals surface area contributed by atoms with Crippen molar-refractivity contribution in [3.8, 4) is 0 Å². The van der Waals surface area contributed by atoms with E-state index < -0.39 is 4.92 Å². The molecule has 2 aromatic carbocycles. The Bertz CT molecular complexity index is 739. The van der Waals surface area contributed by atoms with Crippen molar-refractivity contribution in [3.05, 3.63) is 64.2 Å². The van der Waals surface area contributed by atoms with E-state index in [1.54, 1.807) is 31.3 Å². The average Bonchev–Trinajstić information content (AvgIpc) is 2.54. The maximum Gasteiger partial charge on any atom is 0.269 e. The third-order valence-electron chi connectivity index (χ3n) is 3.33. The number of nitrogens with zero attached hydrogens (tertiary/aromatic N) is 2. The largest absolute Gasteiger partial charge is 0.322 e. The molecule has 1 N–H and O–H groups in total. The zero-order chi connectivity index (χ0) is 17.0. The molecule has 2 rings (SSSR count). The minimum absolute atomic E-state index is 0.0711. The van der Waals surface area contributed by atoms with Crippen molar-refractivity contribution in [2.45, 2.75) is 6.92 Å². The summed E-state index contributed by atoms with van der Waals surface area (Å²) in [5.41, 5.74) is 1.53. The van der Waals surface area contributed by atoms with E-state index in [1.807, 2.05) is 0 Å². The van der Waals surface area contributed by atoms with Crippen LogP contribution < -0.4 is 10.2 Å². The number of carbonyl (C=O) groups excluding carboxylic acids is 2. The van der Waals surface area contributed by atoms with Crippen molar-refractivity contribution < 1.29 is 14.5 Å². The van der Waals surface area contributed by atoms with Gasteiger partial charge in [-0.2, -0.15) is 0 Å². The number of carbonyl (C=O) groups is 2. The Morgan fingerprint density at radius 3 is 2.09 bits per heavy atom. The molecule has 2 aromatic rings. The minimum atomic E-state index is -0.522. The van der Waals surface area contributed by atoms with Gasteiger partial charge < -0.3 is 10.2 Å². The molecule has 7 nitrogen and oxygen atoms in total. The van der Waals surface area contributed by atoms with Crippen molar-refractivity contribution in [2.24, 2.45) is 0 Å². The van der Waals surface area contributed by atoms with Crippen LogP contribution in [0.1, 0.15) is 17.3 Å². The molecular formula is C16H15N3O4. The molecule has 7 heteroatoms. The lowest BCUT2D eigenvalue weighted by atomic mass is 10.2. The molecule has 2 amide bonds. The average molecular weight is 313 g/mol. The molecule has 0 saturated carbocycles. The molecule has 0 heterocycles. The van der Waals surface area contributed by atoms with Gasteiger partial charge in [0.2, 0.25) is 5.91 Å². The SMILES string of the molecule is CC(=O)N(C)c1ccc(NC(=O)c2ccc([N+](=O)[O-])cc2)cc1. The third-order valence-corrected chi connectivity index (χ3v) is 3.33. The predicted molar refractivity (Wildman–Crippen MR) is 86.6 cm³/mol. The van der Waals surface area contributed by atoms with Gasteiger partial charge in [-0.05, 0) is 36.4 Å². The molecule has 118 valence electrons. The monoisotopic (exact) mass is 313 g/mol. The number of non-ortho nitro benzene ring substituents is 1. The third kappa shape index (κ3) is 3.91. The van der Waals surface area contributed by atoms with Gasteiger partial charge in [0.05, 0.1) is 4.92 Å². The molecule has 0 radical (unpaired) electrons. The molecule has 0 aliphatic heterocycles. The van der Waals surface area contributed by atoms with Crippen molar-refractivity contribution >= 4 is 28.9 Å². The van der Waals surface area contributed by atoms with Gasteiger partial charge in [0.25, 0.3) is 11.6 Å². The van der Waals surface area contributed by atoms with Gasteiger partial charge in [0, 0.05) is 43.0 Å². The lowest BCUT2D eigenvalue weighted by Crippen LogP contribution is -2.22. The summed E-state index contributed by atoms with van der Waals surface area (Å²) in [6.45, 7) is 1.46. The first-order valence-electron chi connectivity index (χ1n) is 6.78. The molecule has 0 aliphatic rings. The zero-order valence-electron chi connectivity index (χ0n) is 12.6. The molecule has 0 bridgehead atoms. The quantitative estimate of drug-likeness (QED) is 0.694. The number of anilines is 2. The fourth-order valence-electron chi connectivity index (χ4n) is 1.89. The van der Waals surface area contributed by atoms with E-state index in [-0.39, 0.29) is 17.5 Å². The Kier molecular flexibility index (Phi) is 4.70. The Morgan fingerprint density at radius 1 is 1.04 bits per heavy atom. The number of nitro groups is 1. The Morgan fingerprint density at radius 2 is 1.61 bits per heavy atom. The first-order valence-corrected chi connectivity index (χ1v) is 6.78. The zero-order valence-corrected chi connectivity index (χ0v) is 12.6. The van der Waals surface area contributed by atoms with E-state index in [0.29, 0.717) is 16.9 Å². The molecule has 0 fully saturated rings. The summed E-state index contributed by atoms with van der Waals surface area (Å²) >= 11 is 0. The van der Waals surface area contributed by atoms with Crippen molar-refractivity contribution in [1.82, 2.24) is 0 Å². The molecule has 0 atom stereocenters. The van der Waals surface area contributed by atoms with Crippen molar-refractivity contribution in [2.75, 3.05) is 17.3 Å². The Labute approximate surface area is 132 Å². The minimum Gasteiger partial charge on any atom is -0.322 e. The van der Waals surface area contributed by atoms with Crippen LogP contribution in [0.5, 0.6) is 0 Å². The number of rotatable bonds is 4.